The van der Waals surface area contributed by atoms with Crippen LogP contribution in [0.1, 0.15) is 18.5 Å². The fourth-order valence-corrected chi connectivity index (χ4v) is 3.53. The van der Waals surface area contributed by atoms with Gasteiger partial charge in [0, 0.05) is 43.5 Å². The minimum absolute atomic E-state index is 0.149. The third-order valence-corrected chi connectivity index (χ3v) is 5.07. The maximum atomic E-state index is 11.6. The van der Waals surface area contributed by atoms with Crippen molar-refractivity contribution in [3.05, 3.63) is 23.8 Å². The minimum atomic E-state index is -3.11. The number of ether oxygens (including phenoxy) is 1. The van der Waals surface area contributed by atoms with E-state index in [-0.39, 0.29) is 6.04 Å². The molecule has 2 N–H and O–H groups in total. The van der Waals surface area contributed by atoms with Crippen LogP contribution in [-0.2, 0) is 10.0 Å². The van der Waals surface area contributed by atoms with Crippen molar-refractivity contribution in [2.75, 3.05) is 44.4 Å². The molecule has 118 valence electrons. The van der Waals surface area contributed by atoms with Gasteiger partial charge in [-0.15, -0.1) is 0 Å². The average molecular weight is 313 g/mol. The summed E-state index contributed by atoms with van der Waals surface area (Å²) in [5.41, 5.74) is 8.07. The fraction of sp³-hybridized carbons (Fsp3) is 0.571. The SMILES string of the molecule is COc1cccc(N2CCN(S(C)(=O)=O)CC2)c1C(C)N. The average Bonchev–Trinajstić information content (AvgIpc) is 2.45. The van der Waals surface area contributed by atoms with Gasteiger partial charge in [-0.05, 0) is 19.1 Å². The molecular weight excluding hydrogens is 290 g/mol. The summed E-state index contributed by atoms with van der Waals surface area (Å²) in [6.45, 7) is 4.22. The van der Waals surface area contributed by atoms with Crippen LogP contribution in [0.25, 0.3) is 0 Å². The number of piperazine rings is 1. The summed E-state index contributed by atoms with van der Waals surface area (Å²) >= 11 is 0. The summed E-state index contributed by atoms with van der Waals surface area (Å²) in [5, 5.41) is 0. The van der Waals surface area contributed by atoms with E-state index >= 15 is 0 Å². The van der Waals surface area contributed by atoms with Crippen molar-refractivity contribution in [3.8, 4) is 5.75 Å². The molecule has 1 aromatic rings. The van der Waals surface area contributed by atoms with Gasteiger partial charge in [-0.2, -0.15) is 4.31 Å². The van der Waals surface area contributed by atoms with E-state index in [0.29, 0.717) is 26.2 Å². The number of methoxy groups -OCH3 is 1. The molecule has 0 bridgehead atoms. The van der Waals surface area contributed by atoms with E-state index in [1.165, 1.54) is 10.6 Å². The highest BCUT2D eigenvalue weighted by atomic mass is 32.2. The lowest BCUT2D eigenvalue weighted by atomic mass is 10.0. The number of nitrogens with two attached hydrogens (primary N) is 1. The molecule has 1 aliphatic rings. The predicted octanol–water partition coefficient (Wildman–Crippen LogP) is 0.796. The normalized spacial score (nSPS) is 18.6. The van der Waals surface area contributed by atoms with E-state index in [0.717, 1.165) is 17.0 Å². The molecule has 0 saturated carbocycles. The van der Waals surface area contributed by atoms with Crippen molar-refractivity contribution in [2.45, 2.75) is 13.0 Å². The molecule has 0 spiro atoms. The van der Waals surface area contributed by atoms with Crippen molar-refractivity contribution in [1.29, 1.82) is 0 Å². The zero-order valence-electron chi connectivity index (χ0n) is 12.7. The lowest BCUT2D eigenvalue weighted by Gasteiger charge is -2.36. The van der Waals surface area contributed by atoms with E-state index in [1.807, 2.05) is 25.1 Å². The molecule has 1 saturated heterocycles. The Morgan fingerprint density at radius 3 is 2.33 bits per heavy atom. The Morgan fingerprint density at radius 1 is 1.24 bits per heavy atom. The van der Waals surface area contributed by atoms with Crippen molar-refractivity contribution < 1.29 is 13.2 Å². The predicted molar refractivity (Wildman–Crippen MR) is 84.2 cm³/mol. The van der Waals surface area contributed by atoms with Crippen LogP contribution in [0.4, 0.5) is 5.69 Å². The maximum Gasteiger partial charge on any atom is 0.211 e. The van der Waals surface area contributed by atoms with Gasteiger partial charge >= 0.3 is 0 Å². The fourth-order valence-electron chi connectivity index (χ4n) is 2.70. The van der Waals surface area contributed by atoms with Gasteiger partial charge in [0.15, 0.2) is 0 Å². The van der Waals surface area contributed by atoms with E-state index in [1.54, 1.807) is 7.11 Å². The van der Waals surface area contributed by atoms with Crippen LogP contribution in [-0.4, -0.2) is 52.3 Å². The molecule has 0 aliphatic carbocycles. The van der Waals surface area contributed by atoms with Crippen LogP contribution in [0.2, 0.25) is 0 Å². The Balaban J connectivity index is 2.25. The minimum Gasteiger partial charge on any atom is -0.496 e. The van der Waals surface area contributed by atoms with Gasteiger partial charge in [0.2, 0.25) is 10.0 Å². The summed E-state index contributed by atoms with van der Waals surface area (Å²) < 4.78 is 30.1. The summed E-state index contributed by atoms with van der Waals surface area (Å²) in [4.78, 5) is 2.17. The molecule has 2 rings (SSSR count). The first-order chi connectivity index (χ1) is 9.84. The number of hydrogen-bond donors (Lipinski definition) is 1. The number of benzene rings is 1. The molecule has 0 aromatic heterocycles. The second-order valence-electron chi connectivity index (χ2n) is 5.33. The number of rotatable bonds is 4. The molecule has 6 nitrogen and oxygen atoms in total. The first kappa shape index (κ1) is 16.1. The second kappa shape index (κ2) is 6.21. The topological polar surface area (TPSA) is 75.9 Å². The number of sulfonamides is 1. The standard InChI is InChI=1S/C14H23N3O3S/c1-11(15)14-12(5-4-6-13(14)20-2)16-7-9-17(10-8-16)21(3,18)19/h4-6,11H,7-10,15H2,1-3H3. The van der Waals surface area contributed by atoms with Crippen LogP contribution < -0.4 is 15.4 Å². The van der Waals surface area contributed by atoms with Gasteiger partial charge in [0.1, 0.15) is 5.75 Å². The molecule has 21 heavy (non-hydrogen) atoms. The molecule has 1 heterocycles. The summed E-state index contributed by atoms with van der Waals surface area (Å²) in [6.07, 6.45) is 1.25. The molecule has 1 atom stereocenters. The monoisotopic (exact) mass is 313 g/mol. The van der Waals surface area contributed by atoms with Crippen molar-refractivity contribution in [2.24, 2.45) is 5.73 Å². The van der Waals surface area contributed by atoms with E-state index < -0.39 is 10.0 Å². The first-order valence-electron chi connectivity index (χ1n) is 6.97. The summed E-state index contributed by atoms with van der Waals surface area (Å²) in [7, 11) is -1.48. The Kier molecular flexibility index (Phi) is 4.75. The molecular formula is C14H23N3O3S. The van der Waals surface area contributed by atoms with E-state index in [9.17, 15) is 8.42 Å². The van der Waals surface area contributed by atoms with Crippen LogP contribution in [0.5, 0.6) is 5.75 Å². The first-order valence-corrected chi connectivity index (χ1v) is 8.82. The number of nitrogens with zero attached hydrogens (tertiary/aromatic N) is 2. The second-order valence-corrected chi connectivity index (χ2v) is 7.31. The van der Waals surface area contributed by atoms with E-state index in [4.69, 9.17) is 10.5 Å². The molecule has 1 fully saturated rings. The molecule has 1 aromatic carbocycles. The maximum absolute atomic E-state index is 11.6. The Morgan fingerprint density at radius 2 is 1.86 bits per heavy atom. The van der Waals surface area contributed by atoms with Crippen molar-refractivity contribution in [3.63, 3.8) is 0 Å². The Labute approximate surface area is 126 Å². The van der Waals surface area contributed by atoms with E-state index in [2.05, 4.69) is 4.90 Å². The van der Waals surface area contributed by atoms with Gasteiger partial charge in [-0.3, -0.25) is 0 Å². The smallest absolute Gasteiger partial charge is 0.211 e. The van der Waals surface area contributed by atoms with Crippen LogP contribution in [0, 0.1) is 0 Å². The zero-order chi connectivity index (χ0) is 15.6. The lowest BCUT2D eigenvalue weighted by Crippen LogP contribution is -2.48. The molecule has 0 radical (unpaired) electrons. The van der Waals surface area contributed by atoms with Gasteiger partial charge in [0.25, 0.3) is 0 Å². The summed E-state index contributed by atoms with van der Waals surface area (Å²) in [5.74, 6) is 0.771. The van der Waals surface area contributed by atoms with Crippen molar-refractivity contribution in [1.82, 2.24) is 4.31 Å². The number of anilines is 1. The highest BCUT2D eigenvalue weighted by molar-refractivity contribution is 7.88. The molecule has 1 unspecified atom stereocenters. The lowest BCUT2D eigenvalue weighted by molar-refractivity contribution is 0.385. The van der Waals surface area contributed by atoms with Crippen LogP contribution in [0.15, 0.2) is 18.2 Å². The van der Waals surface area contributed by atoms with Gasteiger partial charge in [-0.1, -0.05) is 6.07 Å². The summed E-state index contributed by atoms with van der Waals surface area (Å²) in [6, 6.07) is 5.69. The zero-order valence-corrected chi connectivity index (χ0v) is 13.6. The van der Waals surface area contributed by atoms with Gasteiger partial charge in [0.05, 0.1) is 13.4 Å². The highest BCUT2D eigenvalue weighted by Gasteiger charge is 2.26. The molecule has 0 amide bonds. The quantitative estimate of drug-likeness (QED) is 0.890. The van der Waals surface area contributed by atoms with Crippen LogP contribution in [0.3, 0.4) is 0 Å². The third-order valence-electron chi connectivity index (χ3n) is 3.77. The van der Waals surface area contributed by atoms with Gasteiger partial charge < -0.3 is 15.4 Å². The van der Waals surface area contributed by atoms with Gasteiger partial charge in [-0.25, -0.2) is 8.42 Å². The third kappa shape index (κ3) is 3.48. The Hall–Kier alpha value is -1.31. The number of hydrogen-bond acceptors (Lipinski definition) is 5. The highest BCUT2D eigenvalue weighted by Crippen LogP contribution is 2.34. The Bertz CT molecular complexity index is 593. The van der Waals surface area contributed by atoms with Crippen molar-refractivity contribution >= 4 is 15.7 Å². The molecule has 7 heteroatoms. The largest absolute Gasteiger partial charge is 0.496 e. The molecule has 1 aliphatic heterocycles. The van der Waals surface area contributed by atoms with Crippen LogP contribution >= 0.6 is 0 Å².